The second kappa shape index (κ2) is 14.0. The van der Waals surface area contributed by atoms with E-state index < -0.39 is 0 Å². The van der Waals surface area contributed by atoms with E-state index >= 15 is 0 Å². The zero-order valence-electron chi connectivity index (χ0n) is 21.0. The van der Waals surface area contributed by atoms with E-state index in [2.05, 4.69) is 90.5 Å². The second-order valence-corrected chi connectivity index (χ2v) is 9.60. The third-order valence-corrected chi connectivity index (χ3v) is 7.14. The fourth-order valence-corrected chi connectivity index (χ4v) is 3.98. The summed E-state index contributed by atoms with van der Waals surface area (Å²) in [5.41, 5.74) is 7.59. The van der Waals surface area contributed by atoms with Crippen LogP contribution in [0.15, 0.2) is 0 Å². The molecule has 0 aliphatic carbocycles. The first-order valence-electron chi connectivity index (χ1n) is 12.2. The Balaban J connectivity index is 5.66. The molecule has 0 radical (unpaired) electrons. The van der Waals surface area contributed by atoms with Gasteiger partial charge in [0.25, 0.3) is 0 Å². The Morgan fingerprint density at radius 2 is 1.46 bits per heavy atom. The fraction of sp³-hybridized carbons (Fsp3) is 1.00. The highest BCUT2D eigenvalue weighted by Gasteiger charge is 2.47. The Morgan fingerprint density at radius 1 is 0.857 bits per heavy atom. The molecule has 2 atom stereocenters. The lowest BCUT2D eigenvalue weighted by Crippen LogP contribution is -2.74. The van der Waals surface area contributed by atoms with Gasteiger partial charge in [0.1, 0.15) is 0 Å². The molecule has 4 nitrogen and oxygen atoms in total. The molecule has 0 spiro atoms. The van der Waals surface area contributed by atoms with Crippen LogP contribution in [0.5, 0.6) is 0 Å². The van der Waals surface area contributed by atoms with Crippen LogP contribution in [-0.2, 0) is 0 Å². The van der Waals surface area contributed by atoms with E-state index in [0.29, 0.717) is 17.9 Å². The lowest BCUT2D eigenvalue weighted by Gasteiger charge is -2.54. The number of hydrogen-bond donors (Lipinski definition) is 3. The first-order chi connectivity index (χ1) is 13.1. The summed E-state index contributed by atoms with van der Waals surface area (Å²) < 4.78 is 0. The van der Waals surface area contributed by atoms with Crippen molar-refractivity contribution in [3.05, 3.63) is 0 Å². The normalized spacial score (nSPS) is 16.2. The Kier molecular flexibility index (Phi) is 13.9. The van der Waals surface area contributed by atoms with Gasteiger partial charge in [0.2, 0.25) is 0 Å². The third kappa shape index (κ3) is 7.93. The van der Waals surface area contributed by atoms with Crippen molar-refractivity contribution in [2.45, 2.75) is 131 Å². The lowest BCUT2D eigenvalue weighted by molar-refractivity contribution is -0.0801. The van der Waals surface area contributed by atoms with Crippen LogP contribution in [0.2, 0.25) is 0 Å². The third-order valence-electron chi connectivity index (χ3n) is 7.14. The van der Waals surface area contributed by atoms with E-state index in [9.17, 15) is 0 Å². The van der Waals surface area contributed by atoms with Crippen molar-refractivity contribution in [1.82, 2.24) is 21.3 Å². The van der Waals surface area contributed by atoms with Crippen LogP contribution in [0.1, 0.15) is 114 Å². The first-order valence-corrected chi connectivity index (χ1v) is 12.2. The zero-order valence-corrected chi connectivity index (χ0v) is 21.0. The monoisotopic (exact) mass is 398 g/mol. The van der Waals surface area contributed by atoms with E-state index in [1.54, 1.807) is 0 Å². The maximum Gasteiger partial charge on any atom is 0.0634 e. The van der Waals surface area contributed by atoms with Gasteiger partial charge in [-0.15, -0.1) is 0 Å². The van der Waals surface area contributed by atoms with Crippen LogP contribution in [-0.4, -0.2) is 35.3 Å². The minimum Gasteiger partial charge on any atom is -0.309 e. The average Bonchev–Trinajstić information content (AvgIpc) is 2.66. The van der Waals surface area contributed by atoms with Crippen LogP contribution in [0, 0.1) is 11.8 Å². The lowest BCUT2D eigenvalue weighted by atomic mass is 9.72. The second-order valence-electron chi connectivity index (χ2n) is 9.60. The van der Waals surface area contributed by atoms with E-state index in [1.807, 2.05) is 0 Å². The predicted octanol–water partition coefficient (Wildman–Crippen LogP) is 5.90. The van der Waals surface area contributed by atoms with Gasteiger partial charge in [0.05, 0.1) is 5.54 Å². The molecule has 3 N–H and O–H groups in total. The molecule has 28 heavy (non-hydrogen) atoms. The van der Waals surface area contributed by atoms with Crippen molar-refractivity contribution in [3.8, 4) is 0 Å². The Labute approximate surface area is 177 Å². The quantitative estimate of drug-likeness (QED) is 0.211. The average molecular weight is 399 g/mol. The van der Waals surface area contributed by atoms with Crippen molar-refractivity contribution < 1.29 is 0 Å². The smallest absolute Gasteiger partial charge is 0.0634 e. The number of unbranched alkanes of at least 4 members (excludes halogenated alkanes) is 1. The number of nitrogens with one attached hydrogen (secondary N) is 3. The van der Waals surface area contributed by atoms with Gasteiger partial charge >= 0.3 is 0 Å². The largest absolute Gasteiger partial charge is 0.309 e. The molecule has 0 aliphatic rings. The molecule has 170 valence electrons. The van der Waals surface area contributed by atoms with Gasteiger partial charge in [0.15, 0.2) is 0 Å². The van der Waals surface area contributed by atoms with Gasteiger partial charge in [0, 0.05) is 18.1 Å². The molecule has 0 saturated carbocycles. The van der Waals surface area contributed by atoms with Crippen LogP contribution in [0.3, 0.4) is 0 Å². The summed E-state index contributed by atoms with van der Waals surface area (Å²) in [7, 11) is 0. The number of hydrazine groups is 2. The summed E-state index contributed by atoms with van der Waals surface area (Å²) >= 11 is 0. The zero-order chi connectivity index (χ0) is 21.8. The Hall–Kier alpha value is -0.160. The molecule has 0 aliphatic heterocycles. The van der Waals surface area contributed by atoms with E-state index in [-0.39, 0.29) is 11.1 Å². The molecule has 0 heterocycles. The summed E-state index contributed by atoms with van der Waals surface area (Å²) in [5.74, 6) is 1.23. The van der Waals surface area contributed by atoms with Gasteiger partial charge < -0.3 is 5.32 Å². The maximum atomic E-state index is 3.93. The number of nitrogens with zero attached hydrogens (tertiary/aromatic N) is 1. The minimum absolute atomic E-state index is 0.0133. The molecule has 0 aromatic heterocycles. The number of hydrogen-bond acceptors (Lipinski definition) is 4. The Bertz CT molecular complexity index is 379. The summed E-state index contributed by atoms with van der Waals surface area (Å²) in [6.45, 7) is 25.4. The SMILES string of the molecule is CCCCNC(C)(C(C)C)C(C)(C)N(NCC(CC)CC)NC(CC)CCC. The van der Waals surface area contributed by atoms with Crippen molar-refractivity contribution in [2.75, 3.05) is 13.1 Å². The fourth-order valence-electron chi connectivity index (χ4n) is 3.98. The molecule has 0 saturated heterocycles. The van der Waals surface area contributed by atoms with Crippen molar-refractivity contribution in [1.29, 1.82) is 0 Å². The van der Waals surface area contributed by atoms with Gasteiger partial charge in [-0.3, -0.25) is 0 Å². The number of rotatable bonds is 17. The molecular formula is C24H54N4. The summed E-state index contributed by atoms with van der Waals surface area (Å²) in [4.78, 5) is 0. The topological polar surface area (TPSA) is 39.3 Å². The summed E-state index contributed by atoms with van der Waals surface area (Å²) in [6, 6.07) is 0.505. The minimum atomic E-state index is -0.0951. The van der Waals surface area contributed by atoms with Gasteiger partial charge in [-0.05, 0) is 58.4 Å². The molecule has 4 heteroatoms. The van der Waals surface area contributed by atoms with Crippen LogP contribution < -0.4 is 16.2 Å². The summed E-state index contributed by atoms with van der Waals surface area (Å²) in [6.07, 6.45) is 8.46. The van der Waals surface area contributed by atoms with Crippen molar-refractivity contribution in [3.63, 3.8) is 0 Å². The standard InChI is InChI=1S/C24H54N4/c1-11-16-18-25-24(10,20(6)7)23(8,9)28(26-19-21(13-3)14-4)27-22(15-5)17-12-2/h20-22,25-27H,11-19H2,1-10H3. The highest BCUT2D eigenvalue weighted by molar-refractivity contribution is 5.05. The van der Waals surface area contributed by atoms with Crippen LogP contribution in [0.25, 0.3) is 0 Å². The van der Waals surface area contributed by atoms with Crippen molar-refractivity contribution >= 4 is 0 Å². The molecular weight excluding hydrogens is 344 g/mol. The maximum absolute atomic E-state index is 3.93. The van der Waals surface area contributed by atoms with E-state index in [0.717, 1.165) is 19.5 Å². The van der Waals surface area contributed by atoms with E-state index in [4.69, 9.17) is 0 Å². The van der Waals surface area contributed by atoms with Crippen LogP contribution >= 0.6 is 0 Å². The molecule has 0 rings (SSSR count). The molecule has 0 aromatic rings. The molecule has 0 fully saturated rings. The van der Waals surface area contributed by atoms with Gasteiger partial charge in [-0.25, -0.2) is 10.9 Å². The highest BCUT2D eigenvalue weighted by atomic mass is 15.8. The van der Waals surface area contributed by atoms with Crippen molar-refractivity contribution in [2.24, 2.45) is 11.8 Å². The molecule has 0 amide bonds. The summed E-state index contributed by atoms with van der Waals surface area (Å²) in [5, 5.41) is 6.30. The van der Waals surface area contributed by atoms with Gasteiger partial charge in [-0.2, -0.15) is 5.12 Å². The first kappa shape index (κ1) is 27.8. The molecule has 0 bridgehead atoms. The van der Waals surface area contributed by atoms with E-state index in [1.165, 1.54) is 38.5 Å². The highest BCUT2D eigenvalue weighted by Crippen LogP contribution is 2.33. The van der Waals surface area contributed by atoms with Gasteiger partial charge in [-0.1, -0.05) is 74.1 Å². The van der Waals surface area contributed by atoms with Crippen LogP contribution in [0.4, 0.5) is 0 Å². The Morgan fingerprint density at radius 3 is 1.89 bits per heavy atom. The predicted molar refractivity (Wildman–Crippen MR) is 126 cm³/mol. The molecule has 0 aromatic carbocycles. The molecule has 2 unspecified atom stereocenters.